The van der Waals surface area contributed by atoms with E-state index >= 15 is 0 Å². The Labute approximate surface area is 393 Å². The summed E-state index contributed by atoms with van der Waals surface area (Å²) in [5.41, 5.74) is 10.6. The number of aromatic hydroxyl groups is 1. The third-order valence-electron chi connectivity index (χ3n) is 13.6. The van der Waals surface area contributed by atoms with Crippen LogP contribution in [0.5, 0.6) is 11.5 Å². The molecule has 0 spiro atoms. The van der Waals surface area contributed by atoms with Gasteiger partial charge in [0.1, 0.15) is 23.7 Å². The first-order valence-corrected chi connectivity index (χ1v) is 23.8. The van der Waals surface area contributed by atoms with Gasteiger partial charge >= 0.3 is 0 Å². The second-order valence-electron chi connectivity index (χ2n) is 20.9. The molecule has 0 aliphatic carbocycles. The zero-order chi connectivity index (χ0) is 48.5. The Hall–Kier alpha value is -4.56. The van der Waals surface area contributed by atoms with Crippen LogP contribution in [-0.2, 0) is 20.3 Å². The van der Waals surface area contributed by atoms with Crippen LogP contribution in [0.15, 0.2) is 72.8 Å². The summed E-state index contributed by atoms with van der Waals surface area (Å²) in [6, 6.07) is 25.6. The highest BCUT2D eigenvalue weighted by Crippen LogP contribution is 2.42. The van der Waals surface area contributed by atoms with Crippen LogP contribution in [0.1, 0.15) is 164 Å². The Bertz CT molecular complexity index is 2330. The topological polar surface area (TPSA) is 88.4 Å². The molecule has 1 heterocycles. The number of phenolic OH excluding ortho intramolecular Hbond substituents is 1. The average Bonchev–Trinajstić information content (AvgIpc) is 3.25. The molecule has 2 unspecified atom stereocenters. The molecule has 2 atom stereocenters. The van der Waals surface area contributed by atoms with Gasteiger partial charge in [-0.05, 0) is 147 Å². The minimum absolute atomic E-state index is 0.0957. The predicted octanol–water partition coefficient (Wildman–Crippen LogP) is 12.8. The van der Waals surface area contributed by atoms with Gasteiger partial charge in [-0.1, -0.05) is 141 Å². The van der Waals surface area contributed by atoms with E-state index in [9.17, 15) is 15.3 Å². The van der Waals surface area contributed by atoms with E-state index in [1.165, 1.54) is 22.3 Å². The molecular weight excluding hydrogens is 805 g/mol. The Balaban J connectivity index is 0.000000296. The van der Waals surface area contributed by atoms with E-state index in [1.807, 2.05) is 68.4 Å². The second-order valence-corrected chi connectivity index (χ2v) is 20.9. The van der Waals surface area contributed by atoms with Gasteiger partial charge in [-0.15, -0.1) is 0 Å². The molecule has 3 N–H and O–H groups in total. The van der Waals surface area contributed by atoms with E-state index in [2.05, 4.69) is 133 Å². The summed E-state index contributed by atoms with van der Waals surface area (Å²) in [5, 5.41) is 30.5. The molecule has 1 aliphatic rings. The molecule has 0 aromatic heterocycles. The lowest BCUT2D eigenvalue weighted by Crippen LogP contribution is -2.41. The largest absolute Gasteiger partial charge is 0.508 e. The lowest BCUT2D eigenvalue weighted by atomic mass is 9.70. The van der Waals surface area contributed by atoms with E-state index in [0.29, 0.717) is 25.6 Å². The lowest BCUT2D eigenvalue weighted by molar-refractivity contribution is -0.264. The average molecular weight is 885 g/mol. The predicted molar refractivity (Wildman–Crippen MR) is 269 cm³/mol. The van der Waals surface area contributed by atoms with Gasteiger partial charge in [0.15, 0.2) is 5.79 Å². The zero-order valence-electron chi connectivity index (χ0n) is 42.7. The summed E-state index contributed by atoms with van der Waals surface area (Å²) in [4.78, 5) is 0. The van der Waals surface area contributed by atoms with Crippen molar-refractivity contribution < 1.29 is 29.5 Å². The first kappa shape index (κ1) is 53.1. The molecule has 5 rings (SSSR count). The number of aliphatic hydroxyl groups excluding tert-OH is 2. The van der Waals surface area contributed by atoms with E-state index in [0.717, 1.165) is 64.8 Å². The van der Waals surface area contributed by atoms with Crippen molar-refractivity contribution in [2.45, 2.75) is 165 Å². The molecule has 1 aliphatic heterocycles. The van der Waals surface area contributed by atoms with Crippen LogP contribution < -0.4 is 4.74 Å². The van der Waals surface area contributed by atoms with Crippen LogP contribution in [-0.4, -0.2) is 53.1 Å². The zero-order valence-corrected chi connectivity index (χ0v) is 42.7. The molecule has 6 nitrogen and oxygen atoms in total. The van der Waals surface area contributed by atoms with Crippen LogP contribution in [0.25, 0.3) is 0 Å². The molecule has 352 valence electrons. The molecule has 0 bridgehead atoms. The van der Waals surface area contributed by atoms with Gasteiger partial charge in [-0.3, -0.25) is 0 Å². The van der Waals surface area contributed by atoms with Crippen molar-refractivity contribution >= 4 is 0 Å². The van der Waals surface area contributed by atoms with E-state index in [4.69, 9.17) is 14.2 Å². The van der Waals surface area contributed by atoms with Crippen LogP contribution >= 0.6 is 0 Å². The maximum absolute atomic E-state index is 10.3. The van der Waals surface area contributed by atoms with Crippen LogP contribution in [0, 0.1) is 68.1 Å². The van der Waals surface area contributed by atoms with E-state index in [-0.39, 0.29) is 27.6 Å². The Morgan fingerprint density at radius 3 is 1.31 bits per heavy atom. The lowest BCUT2D eigenvalue weighted by Gasteiger charge is -2.35. The number of benzene rings is 4. The van der Waals surface area contributed by atoms with Crippen molar-refractivity contribution in [3.8, 4) is 35.2 Å². The first-order chi connectivity index (χ1) is 30.4. The van der Waals surface area contributed by atoms with Crippen molar-refractivity contribution in [1.29, 1.82) is 0 Å². The maximum Gasteiger partial charge on any atom is 0.162 e. The van der Waals surface area contributed by atoms with E-state index in [1.54, 1.807) is 6.07 Å². The van der Waals surface area contributed by atoms with Gasteiger partial charge in [-0.2, -0.15) is 0 Å². The van der Waals surface area contributed by atoms with Gasteiger partial charge in [0.2, 0.25) is 0 Å². The van der Waals surface area contributed by atoms with Gasteiger partial charge in [0, 0.05) is 27.9 Å². The number of phenols is 1. The number of hydrogen-bond donors (Lipinski definition) is 3. The molecule has 1 saturated heterocycles. The molecule has 4 aromatic rings. The SMILES string of the molecule is CCC(CC)(c1ccc(C#CC(O)C(C)(C)C)c(C)c1)c1ccc(OCC2COC(C)(C)OC2)c(C)c1.CCC(CC)(c1ccc(O)c(C)c1)c1ccc(C#CC(O)C(C)(C)C)c(C)c1. The first-order valence-electron chi connectivity index (χ1n) is 23.8. The number of aliphatic hydroxyl groups is 2. The molecule has 6 heteroatoms. The molecule has 4 aromatic carbocycles. The second kappa shape index (κ2) is 21.8. The summed E-state index contributed by atoms with van der Waals surface area (Å²) >= 11 is 0. The van der Waals surface area contributed by atoms with Gasteiger partial charge in [0.25, 0.3) is 0 Å². The summed E-state index contributed by atoms with van der Waals surface area (Å²) in [7, 11) is 0. The third-order valence-corrected chi connectivity index (χ3v) is 13.6. The van der Waals surface area contributed by atoms with Crippen molar-refractivity contribution in [2.75, 3.05) is 19.8 Å². The molecular formula is C59H80O6. The quantitative estimate of drug-likeness (QED) is 0.130. The highest BCUT2D eigenvalue weighted by molar-refractivity contribution is 5.51. The van der Waals surface area contributed by atoms with Crippen molar-refractivity contribution in [3.05, 3.63) is 128 Å². The van der Waals surface area contributed by atoms with Crippen LogP contribution in [0.2, 0.25) is 0 Å². The number of hydrogen-bond acceptors (Lipinski definition) is 6. The van der Waals surface area contributed by atoms with Gasteiger partial charge in [0.05, 0.1) is 19.8 Å². The fourth-order valence-electron chi connectivity index (χ4n) is 8.49. The minimum atomic E-state index is -0.661. The highest BCUT2D eigenvalue weighted by Gasteiger charge is 2.34. The smallest absolute Gasteiger partial charge is 0.162 e. The Kier molecular flexibility index (Phi) is 17.8. The highest BCUT2D eigenvalue weighted by atomic mass is 16.7. The molecule has 0 radical (unpaired) electrons. The Morgan fingerprint density at radius 2 is 0.954 bits per heavy atom. The molecule has 65 heavy (non-hydrogen) atoms. The summed E-state index contributed by atoms with van der Waals surface area (Å²) in [6.07, 6.45) is 2.61. The van der Waals surface area contributed by atoms with E-state index < -0.39 is 18.0 Å². The molecule has 1 fully saturated rings. The maximum atomic E-state index is 10.3. The normalized spacial score (nSPS) is 15.4. The minimum Gasteiger partial charge on any atom is -0.508 e. The Morgan fingerprint density at radius 1 is 0.585 bits per heavy atom. The molecule has 0 saturated carbocycles. The number of ether oxygens (including phenoxy) is 3. The van der Waals surface area contributed by atoms with Crippen LogP contribution in [0.4, 0.5) is 0 Å². The fourth-order valence-corrected chi connectivity index (χ4v) is 8.49. The van der Waals surface area contributed by atoms with Crippen LogP contribution in [0.3, 0.4) is 0 Å². The summed E-state index contributed by atoms with van der Waals surface area (Å²) < 4.78 is 17.7. The summed E-state index contributed by atoms with van der Waals surface area (Å²) in [6.45, 7) is 34.9. The van der Waals surface area contributed by atoms with Gasteiger partial charge in [-0.25, -0.2) is 0 Å². The van der Waals surface area contributed by atoms with Gasteiger partial charge < -0.3 is 29.5 Å². The summed E-state index contributed by atoms with van der Waals surface area (Å²) in [5.74, 6) is 13.3. The number of rotatable bonds is 11. The van der Waals surface area contributed by atoms with Crippen molar-refractivity contribution in [1.82, 2.24) is 0 Å². The number of aryl methyl sites for hydroxylation is 4. The monoisotopic (exact) mass is 885 g/mol. The van der Waals surface area contributed by atoms with Crippen molar-refractivity contribution in [3.63, 3.8) is 0 Å². The fraction of sp³-hybridized carbons (Fsp3) is 0.525. The molecule has 0 amide bonds. The van der Waals surface area contributed by atoms with Crippen molar-refractivity contribution in [2.24, 2.45) is 16.7 Å². The third kappa shape index (κ3) is 13.1. The standard InChI is InChI=1S/C33H46O4.C26H34O2/c1-10-33(11-2,27-14-12-26(23(3)18-27)13-17-30(34)31(5,6)7)28-15-16-29(24(4)19-28)35-20-25-21-36-32(8,9)37-22-25;1-8-26(9-2,22-13-14-23(27)19(4)17-22)21-12-10-20(18(3)16-21)11-15-24(28)25(5,6)7/h12,14-16,18-19,25,30,34H,10-11,20-22H2,1-9H3;10,12-14,16-17,24,27-28H,8-9H2,1-7H3.